The molecule has 106 valence electrons. The average Bonchev–Trinajstić information content (AvgIpc) is 3.04. The minimum Gasteiger partial charge on any atom is -0.469 e. The molecule has 2 heterocycles. The molecule has 0 amide bonds. The highest BCUT2D eigenvalue weighted by molar-refractivity contribution is 7.12. The lowest BCUT2D eigenvalue weighted by atomic mass is 9.77. The van der Waals surface area contributed by atoms with Crippen molar-refractivity contribution in [2.45, 2.75) is 51.0 Å². The van der Waals surface area contributed by atoms with Crippen molar-refractivity contribution in [2.75, 3.05) is 0 Å². The highest BCUT2D eigenvalue weighted by atomic mass is 32.1. The van der Waals surface area contributed by atoms with E-state index in [0.717, 1.165) is 42.1 Å². The molecular formula is C16H20N2OS. The Morgan fingerprint density at radius 1 is 1.45 bits per heavy atom. The first kappa shape index (κ1) is 12.6. The summed E-state index contributed by atoms with van der Waals surface area (Å²) in [6.07, 6.45) is 8.47. The SMILES string of the molecule is CC1CCCC(N)(c2nc3c(s2)CCc2occc2-3)C1. The van der Waals surface area contributed by atoms with Gasteiger partial charge in [0.15, 0.2) is 0 Å². The Labute approximate surface area is 123 Å². The lowest BCUT2D eigenvalue weighted by molar-refractivity contribution is 0.238. The standard InChI is InChI=1S/C16H20N2OS/c1-10-3-2-7-16(17,9-10)15-18-14-11-6-8-19-12(11)4-5-13(14)20-15/h6,8,10H,2-5,7,9,17H2,1H3. The van der Waals surface area contributed by atoms with Crippen molar-refractivity contribution in [1.82, 2.24) is 4.98 Å². The van der Waals surface area contributed by atoms with Crippen LogP contribution in [0.15, 0.2) is 16.7 Å². The molecule has 2 aromatic heterocycles. The highest BCUT2D eigenvalue weighted by Gasteiger charge is 2.37. The Morgan fingerprint density at radius 3 is 3.20 bits per heavy atom. The molecule has 2 N–H and O–H groups in total. The Kier molecular flexibility index (Phi) is 2.79. The zero-order valence-corrected chi connectivity index (χ0v) is 12.6. The molecular weight excluding hydrogens is 268 g/mol. The number of fused-ring (bicyclic) bond motifs is 3. The van der Waals surface area contributed by atoms with Crippen molar-refractivity contribution in [3.05, 3.63) is 28.0 Å². The van der Waals surface area contributed by atoms with E-state index >= 15 is 0 Å². The number of thiazole rings is 1. The molecule has 1 saturated carbocycles. The molecule has 0 spiro atoms. The Balaban J connectivity index is 1.75. The van der Waals surface area contributed by atoms with Crippen LogP contribution in [0, 0.1) is 5.92 Å². The number of rotatable bonds is 1. The molecule has 0 aliphatic heterocycles. The zero-order valence-electron chi connectivity index (χ0n) is 11.8. The molecule has 2 aliphatic carbocycles. The van der Waals surface area contributed by atoms with Crippen LogP contribution in [0.2, 0.25) is 0 Å². The second kappa shape index (κ2) is 4.43. The van der Waals surface area contributed by atoms with Gasteiger partial charge in [-0.3, -0.25) is 0 Å². The quantitative estimate of drug-likeness (QED) is 0.866. The van der Waals surface area contributed by atoms with Gasteiger partial charge in [0.05, 0.1) is 17.5 Å². The van der Waals surface area contributed by atoms with E-state index in [4.69, 9.17) is 15.1 Å². The number of aryl methyl sites for hydroxylation is 2. The van der Waals surface area contributed by atoms with Gasteiger partial charge in [-0.1, -0.05) is 19.8 Å². The average molecular weight is 288 g/mol. The van der Waals surface area contributed by atoms with E-state index in [9.17, 15) is 0 Å². The largest absolute Gasteiger partial charge is 0.469 e. The van der Waals surface area contributed by atoms with Crippen LogP contribution >= 0.6 is 11.3 Å². The number of furan rings is 1. The normalized spacial score (nSPS) is 29.0. The highest BCUT2D eigenvalue weighted by Crippen LogP contribution is 2.44. The van der Waals surface area contributed by atoms with Gasteiger partial charge in [-0.2, -0.15) is 0 Å². The van der Waals surface area contributed by atoms with Gasteiger partial charge in [-0.15, -0.1) is 11.3 Å². The van der Waals surface area contributed by atoms with E-state index in [-0.39, 0.29) is 5.54 Å². The summed E-state index contributed by atoms with van der Waals surface area (Å²) in [5, 5.41) is 1.14. The molecule has 1 fully saturated rings. The van der Waals surface area contributed by atoms with Crippen LogP contribution in [0.25, 0.3) is 11.3 Å². The van der Waals surface area contributed by atoms with Gasteiger partial charge in [0.1, 0.15) is 10.8 Å². The van der Waals surface area contributed by atoms with Crippen molar-refractivity contribution >= 4 is 11.3 Å². The summed E-state index contributed by atoms with van der Waals surface area (Å²) in [6, 6.07) is 2.05. The van der Waals surface area contributed by atoms with E-state index in [0.29, 0.717) is 5.92 Å². The minimum absolute atomic E-state index is 0.205. The van der Waals surface area contributed by atoms with Gasteiger partial charge in [0.25, 0.3) is 0 Å². The first-order chi connectivity index (χ1) is 9.66. The fourth-order valence-corrected chi connectivity index (χ4v) is 4.92. The van der Waals surface area contributed by atoms with Crippen LogP contribution in [-0.2, 0) is 18.4 Å². The van der Waals surface area contributed by atoms with Crippen LogP contribution in [0.1, 0.15) is 48.3 Å². The van der Waals surface area contributed by atoms with Crippen LogP contribution < -0.4 is 5.73 Å². The molecule has 20 heavy (non-hydrogen) atoms. The Morgan fingerprint density at radius 2 is 2.35 bits per heavy atom. The molecule has 4 heteroatoms. The molecule has 2 atom stereocenters. The van der Waals surface area contributed by atoms with E-state index in [1.165, 1.54) is 23.3 Å². The first-order valence-corrected chi connectivity index (χ1v) is 8.33. The lowest BCUT2D eigenvalue weighted by Gasteiger charge is -2.35. The third kappa shape index (κ3) is 1.85. The molecule has 3 nitrogen and oxygen atoms in total. The summed E-state index contributed by atoms with van der Waals surface area (Å²) in [5.74, 6) is 1.79. The predicted molar refractivity (Wildman–Crippen MR) is 80.7 cm³/mol. The van der Waals surface area contributed by atoms with Gasteiger partial charge in [-0.25, -0.2) is 4.98 Å². The third-order valence-corrected chi connectivity index (χ3v) is 6.07. The fraction of sp³-hybridized carbons (Fsp3) is 0.562. The Bertz CT molecular complexity index is 645. The van der Waals surface area contributed by atoms with Crippen molar-refractivity contribution in [3.63, 3.8) is 0 Å². The third-order valence-electron chi connectivity index (χ3n) is 4.74. The molecule has 2 aliphatic rings. The summed E-state index contributed by atoms with van der Waals surface area (Å²) in [4.78, 5) is 6.31. The van der Waals surface area contributed by atoms with Gasteiger partial charge < -0.3 is 10.2 Å². The van der Waals surface area contributed by atoms with E-state index in [1.807, 2.05) is 17.4 Å². The fourth-order valence-electron chi connectivity index (χ4n) is 3.70. The maximum atomic E-state index is 6.70. The van der Waals surface area contributed by atoms with E-state index in [1.54, 1.807) is 6.26 Å². The number of aromatic nitrogens is 1. The minimum atomic E-state index is -0.205. The molecule has 0 aromatic carbocycles. The summed E-state index contributed by atoms with van der Waals surface area (Å²) < 4.78 is 5.54. The van der Waals surface area contributed by atoms with Crippen LogP contribution in [0.5, 0.6) is 0 Å². The maximum absolute atomic E-state index is 6.70. The van der Waals surface area contributed by atoms with Gasteiger partial charge in [-0.05, 0) is 31.2 Å². The van der Waals surface area contributed by atoms with Gasteiger partial charge in [0.2, 0.25) is 0 Å². The van der Waals surface area contributed by atoms with Gasteiger partial charge in [0, 0.05) is 16.9 Å². The molecule has 4 rings (SSSR count). The monoisotopic (exact) mass is 288 g/mol. The van der Waals surface area contributed by atoms with E-state index < -0.39 is 0 Å². The van der Waals surface area contributed by atoms with Gasteiger partial charge >= 0.3 is 0 Å². The van der Waals surface area contributed by atoms with Crippen molar-refractivity contribution in [1.29, 1.82) is 0 Å². The Hall–Kier alpha value is -1.13. The maximum Gasteiger partial charge on any atom is 0.113 e. The van der Waals surface area contributed by atoms with Crippen LogP contribution in [0.4, 0.5) is 0 Å². The van der Waals surface area contributed by atoms with E-state index in [2.05, 4.69) is 6.92 Å². The van der Waals surface area contributed by atoms with Crippen molar-refractivity contribution < 1.29 is 4.42 Å². The lowest BCUT2D eigenvalue weighted by Crippen LogP contribution is -2.40. The summed E-state index contributed by atoms with van der Waals surface area (Å²) >= 11 is 1.83. The van der Waals surface area contributed by atoms with Crippen LogP contribution in [-0.4, -0.2) is 4.98 Å². The number of nitrogens with zero attached hydrogens (tertiary/aromatic N) is 1. The smallest absolute Gasteiger partial charge is 0.113 e. The topological polar surface area (TPSA) is 52.0 Å². The second-order valence-electron chi connectivity index (χ2n) is 6.41. The van der Waals surface area contributed by atoms with Crippen LogP contribution in [0.3, 0.4) is 0 Å². The first-order valence-electron chi connectivity index (χ1n) is 7.51. The summed E-state index contributed by atoms with van der Waals surface area (Å²) in [6.45, 7) is 2.31. The number of hydrogen-bond acceptors (Lipinski definition) is 4. The number of hydrogen-bond donors (Lipinski definition) is 1. The van der Waals surface area contributed by atoms with Crippen molar-refractivity contribution in [2.24, 2.45) is 11.7 Å². The van der Waals surface area contributed by atoms with Crippen molar-refractivity contribution in [3.8, 4) is 11.3 Å². The molecule has 2 aromatic rings. The second-order valence-corrected chi connectivity index (χ2v) is 7.49. The molecule has 2 unspecified atom stereocenters. The summed E-state index contributed by atoms with van der Waals surface area (Å²) in [7, 11) is 0. The zero-order chi connectivity index (χ0) is 13.7. The summed E-state index contributed by atoms with van der Waals surface area (Å²) in [5.41, 5.74) is 8.81. The molecule has 0 radical (unpaired) electrons. The predicted octanol–water partition coefficient (Wildman–Crippen LogP) is 3.87. The molecule has 0 saturated heterocycles. The number of nitrogens with two attached hydrogens (primary N) is 1. The molecule has 0 bridgehead atoms.